The van der Waals surface area contributed by atoms with Gasteiger partial charge in [0.1, 0.15) is 0 Å². The van der Waals surface area contributed by atoms with E-state index in [1.165, 1.54) is 12.8 Å². The van der Waals surface area contributed by atoms with E-state index in [1.807, 2.05) is 0 Å². The molecule has 3 rings (SSSR count). The first kappa shape index (κ1) is 11.0. The van der Waals surface area contributed by atoms with E-state index in [2.05, 4.69) is 13.8 Å². The van der Waals surface area contributed by atoms with Crippen LogP contribution in [0.2, 0.25) is 0 Å². The van der Waals surface area contributed by atoms with Crippen molar-refractivity contribution < 1.29 is 10.2 Å². The van der Waals surface area contributed by atoms with Gasteiger partial charge in [0.2, 0.25) is 0 Å². The van der Waals surface area contributed by atoms with Gasteiger partial charge in [0.25, 0.3) is 0 Å². The van der Waals surface area contributed by atoms with Gasteiger partial charge in [-0.25, -0.2) is 0 Å². The summed E-state index contributed by atoms with van der Waals surface area (Å²) in [5.74, 6) is 2.74. The molecule has 3 aliphatic rings. The van der Waals surface area contributed by atoms with Crippen LogP contribution in [0.5, 0.6) is 0 Å². The maximum atomic E-state index is 9.99. The summed E-state index contributed by atoms with van der Waals surface area (Å²) < 4.78 is 0. The fourth-order valence-corrected chi connectivity index (χ4v) is 4.84. The van der Waals surface area contributed by atoms with E-state index in [9.17, 15) is 10.2 Å². The number of hydrogen-bond acceptors (Lipinski definition) is 2. The molecule has 0 aromatic rings. The zero-order valence-electron chi connectivity index (χ0n) is 10.4. The minimum Gasteiger partial charge on any atom is -0.390 e. The number of aliphatic hydroxyl groups excluding tert-OH is 2. The van der Waals surface area contributed by atoms with Gasteiger partial charge in [0, 0.05) is 0 Å². The molecule has 0 radical (unpaired) electrons. The van der Waals surface area contributed by atoms with E-state index in [-0.39, 0.29) is 0 Å². The van der Waals surface area contributed by atoms with Crippen molar-refractivity contribution >= 4 is 0 Å². The molecule has 0 saturated heterocycles. The SMILES string of the molecule is CC1(C)C[C@H]2C3CC(CC[C@H]21)[C@@H](O)[C@H](O)C3. The number of hydrogen-bond donors (Lipinski definition) is 2. The minimum atomic E-state index is -0.453. The summed E-state index contributed by atoms with van der Waals surface area (Å²) in [6.45, 7) is 4.77. The Labute approximate surface area is 98.1 Å². The number of aliphatic hydroxyl groups is 2. The van der Waals surface area contributed by atoms with Gasteiger partial charge in [-0.05, 0) is 61.2 Å². The second kappa shape index (κ2) is 3.46. The highest BCUT2D eigenvalue weighted by molar-refractivity contribution is 5.03. The Hall–Kier alpha value is -0.0800. The van der Waals surface area contributed by atoms with Gasteiger partial charge in [0.05, 0.1) is 12.2 Å². The molecule has 16 heavy (non-hydrogen) atoms. The first-order valence-corrected chi connectivity index (χ1v) is 6.85. The van der Waals surface area contributed by atoms with Crippen LogP contribution in [-0.4, -0.2) is 22.4 Å². The lowest BCUT2D eigenvalue weighted by atomic mass is 9.51. The normalized spacial score (nSPS) is 54.8. The Bertz CT molecular complexity index is 286. The summed E-state index contributed by atoms with van der Waals surface area (Å²) in [7, 11) is 0. The summed E-state index contributed by atoms with van der Waals surface area (Å²) in [5.41, 5.74) is 0.512. The molecule has 3 saturated carbocycles. The summed E-state index contributed by atoms with van der Waals surface area (Å²) in [4.78, 5) is 0. The lowest BCUT2D eigenvalue weighted by Crippen LogP contribution is -2.49. The Morgan fingerprint density at radius 2 is 1.75 bits per heavy atom. The molecule has 0 amide bonds. The number of rotatable bonds is 0. The van der Waals surface area contributed by atoms with Crippen LogP contribution in [0.25, 0.3) is 0 Å². The molecular weight excluding hydrogens is 200 g/mol. The van der Waals surface area contributed by atoms with Crippen molar-refractivity contribution in [3.05, 3.63) is 0 Å². The highest BCUT2D eigenvalue weighted by atomic mass is 16.3. The fraction of sp³-hybridized carbons (Fsp3) is 1.00. The fourth-order valence-electron chi connectivity index (χ4n) is 4.84. The molecule has 6 atom stereocenters. The van der Waals surface area contributed by atoms with E-state index >= 15 is 0 Å². The zero-order chi connectivity index (χ0) is 11.5. The van der Waals surface area contributed by atoms with Crippen LogP contribution >= 0.6 is 0 Å². The maximum Gasteiger partial charge on any atom is 0.0827 e. The molecule has 0 spiro atoms. The standard InChI is InChI=1S/C14H24O2/c1-14(2)7-10-9-5-8(3-4-11(10)14)13(16)12(15)6-9/h8-13,15-16H,3-7H2,1-2H3/t8?,9?,10-,11+,12+,13+/m0/s1. The molecule has 2 N–H and O–H groups in total. The monoisotopic (exact) mass is 224 g/mol. The van der Waals surface area contributed by atoms with Crippen molar-refractivity contribution in [2.75, 3.05) is 0 Å². The molecule has 2 unspecified atom stereocenters. The predicted molar refractivity (Wildman–Crippen MR) is 62.8 cm³/mol. The smallest absolute Gasteiger partial charge is 0.0827 e. The zero-order valence-corrected chi connectivity index (χ0v) is 10.4. The van der Waals surface area contributed by atoms with Gasteiger partial charge in [-0.15, -0.1) is 0 Å². The predicted octanol–water partition coefficient (Wildman–Crippen LogP) is 2.19. The highest BCUT2D eigenvalue weighted by Gasteiger charge is 2.54. The van der Waals surface area contributed by atoms with Crippen molar-refractivity contribution in [2.45, 2.75) is 58.2 Å². The van der Waals surface area contributed by atoms with Crippen LogP contribution in [-0.2, 0) is 0 Å². The Morgan fingerprint density at radius 3 is 2.44 bits per heavy atom. The van der Waals surface area contributed by atoms with Crippen molar-refractivity contribution in [3.63, 3.8) is 0 Å². The molecule has 92 valence electrons. The average molecular weight is 224 g/mol. The molecule has 3 aliphatic carbocycles. The second-order valence-electron chi connectivity index (χ2n) is 7.09. The second-order valence-corrected chi connectivity index (χ2v) is 7.09. The molecule has 0 aromatic carbocycles. The van der Waals surface area contributed by atoms with Crippen LogP contribution in [0.15, 0.2) is 0 Å². The van der Waals surface area contributed by atoms with Gasteiger partial charge in [0.15, 0.2) is 0 Å². The molecule has 2 heteroatoms. The van der Waals surface area contributed by atoms with Crippen LogP contribution in [0.4, 0.5) is 0 Å². The van der Waals surface area contributed by atoms with E-state index in [0.717, 1.165) is 31.1 Å². The average Bonchev–Trinajstić information content (AvgIpc) is 2.32. The van der Waals surface area contributed by atoms with Crippen LogP contribution < -0.4 is 0 Å². The summed E-state index contributed by atoms with van der Waals surface area (Å²) in [6.07, 6.45) is 4.83. The van der Waals surface area contributed by atoms with Crippen LogP contribution in [0.3, 0.4) is 0 Å². The van der Waals surface area contributed by atoms with E-state index in [1.54, 1.807) is 0 Å². The van der Waals surface area contributed by atoms with Crippen molar-refractivity contribution in [2.24, 2.45) is 29.1 Å². The third-order valence-electron chi connectivity index (χ3n) is 5.76. The lowest BCUT2D eigenvalue weighted by Gasteiger charge is -2.54. The minimum absolute atomic E-state index is 0.371. The molecule has 3 fully saturated rings. The summed E-state index contributed by atoms with van der Waals surface area (Å²) in [5, 5.41) is 19.9. The maximum absolute atomic E-state index is 9.99. The topological polar surface area (TPSA) is 40.5 Å². The van der Waals surface area contributed by atoms with Gasteiger partial charge in [-0.3, -0.25) is 0 Å². The molecular formula is C14H24O2. The molecule has 0 heterocycles. The van der Waals surface area contributed by atoms with Crippen molar-refractivity contribution in [1.29, 1.82) is 0 Å². The first-order valence-electron chi connectivity index (χ1n) is 6.85. The lowest BCUT2D eigenvalue weighted by molar-refractivity contribution is -0.0937. The molecule has 2 nitrogen and oxygen atoms in total. The van der Waals surface area contributed by atoms with Crippen LogP contribution in [0, 0.1) is 29.1 Å². The van der Waals surface area contributed by atoms with Crippen molar-refractivity contribution in [1.82, 2.24) is 0 Å². The number of fused-ring (bicyclic) bond motifs is 4. The largest absolute Gasteiger partial charge is 0.390 e. The van der Waals surface area contributed by atoms with Gasteiger partial charge >= 0.3 is 0 Å². The van der Waals surface area contributed by atoms with Gasteiger partial charge in [-0.1, -0.05) is 13.8 Å². The third kappa shape index (κ3) is 1.46. The van der Waals surface area contributed by atoms with Crippen LogP contribution in [0.1, 0.15) is 46.0 Å². The first-order chi connectivity index (χ1) is 7.49. The Morgan fingerprint density at radius 1 is 1.00 bits per heavy atom. The quantitative estimate of drug-likeness (QED) is 0.662. The van der Waals surface area contributed by atoms with E-state index < -0.39 is 12.2 Å². The van der Waals surface area contributed by atoms with Gasteiger partial charge in [-0.2, -0.15) is 0 Å². The van der Waals surface area contributed by atoms with E-state index in [0.29, 0.717) is 17.3 Å². The Kier molecular flexibility index (Phi) is 2.38. The summed E-state index contributed by atoms with van der Waals surface area (Å²) in [6, 6.07) is 0. The molecule has 0 aliphatic heterocycles. The third-order valence-corrected chi connectivity index (χ3v) is 5.76. The van der Waals surface area contributed by atoms with Crippen molar-refractivity contribution in [3.8, 4) is 0 Å². The van der Waals surface area contributed by atoms with E-state index in [4.69, 9.17) is 0 Å². The molecule has 0 aromatic heterocycles. The molecule has 2 bridgehead atoms. The highest BCUT2D eigenvalue weighted by Crippen LogP contribution is 2.60. The van der Waals surface area contributed by atoms with Gasteiger partial charge < -0.3 is 10.2 Å². The summed E-state index contributed by atoms with van der Waals surface area (Å²) >= 11 is 0. The Balaban J connectivity index is 1.81.